The summed E-state index contributed by atoms with van der Waals surface area (Å²) in [5.41, 5.74) is 2.40. The number of hydrogen-bond donors (Lipinski definition) is 2. The lowest BCUT2D eigenvalue weighted by molar-refractivity contribution is 0.0949. The van der Waals surface area contributed by atoms with Crippen molar-refractivity contribution < 1.29 is 8.78 Å². The van der Waals surface area contributed by atoms with Crippen LogP contribution in [0.15, 0.2) is 12.3 Å². The molecule has 3 N–H and O–H groups in total. The minimum absolute atomic E-state index is 0.368. The maximum Gasteiger partial charge on any atom is 0.260 e. The summed E-state index contributed by atoms with van der Waals surface area (Å²) in [6, 6.07) is 0.342. The van der Waals surface area contributed by atoms with E-state index in [1.54, 1.807) is 7.05 Å². The lowest BCUT2D eigenvalue weighted by atomic mass is 10.2. The lowest BCUT2D eigenvalue weighted by Gasteiger charge is -2.14. The largest absolute Gasteiger partial charge is 0.271 e. The van der Waals surface area contributed by atoms with Gasteiger partial charge in [0.1, 0.15) is 6.04 Å². The molecule has 6 heteroatoms. The molecule has 1 unspecified atom stereocenters. The van der Waals surface area contributed by atoms with E-state index in [0.717, 1.165) is 0 Å². The molecule has 0 saturated carbocycles. The van der Waals surface area contributed by atoms with Gasteiger partial charge < -0.3 is 0 Å². The molecule has 0 fully saturated rings. The molecule has 0 aliphatic rings. The number of nitrogens with one attached hydrogen (secondary N) is 1. The van der Waals surface area contributed by atoms with Crippen LogP contribution in [0.2, 0.25) is 0 Å². The van der Waals surface area contributed by atoms with Crippen molar-refractivity contribution in [1.82, 2.24) is 15.2 Å². The Morgan fingerprint density at radius 3 is 2.67 bits per heavy atom. The van der Waals surface area contributed by atoms with Crippen LogP contribution in [0.5, 0.6) is 0 Å². The first kappa shape index (κ1) is 9.08. The van der Waals surface area contributed by atoms with Gasteiger partial charge in [0.05, 0.1) is 5.69 Å². The van der Waals surface area contributed by atoms with E-state index in [2.05, 4.69) is 5.10 Å². The summed E-state index contributed by atoms with van der Waals surface area (Å²) in [6.45, 7) is 0. The lowest BCUT2D eigenvalue weighted by Crippen LogP contribution is -2.34. The van der Waals surface area contributed by atoms with Crippen LogP contribution >= 0.6 is 0 Å². The van der Waals surface area contributed by atoms with Gasteiger partial charge in [-0.25, -0.2) is 14.2 Å². The van der Waals surface area contributed by atoms with E-state index in [4.69, 9.17) is 5.84 Å². The van der Waals surface area contributed by atoms with Gasteiger partial charge in [-0.2, -0.15) is 5.10 Å². The fraction of sp³-hybridized carbons (Fsp3) is 0.500. The Bertz CT molecular complexity index is 247. The normalized spacial score (nSPS) is 13.8. The highest BCUT2D eigenvalue weighted by Gasteiger charge is 2.23. The highest BCUT2D eigenvalue weighted by Crippen LogP contribution is 2.18. The number of hydrazine groups is 1. The third kappa shape index (κ3) is 1.59. The van der Waals surface area contributed by atoms with E-state index in [1.807, 2.05) is 5.43 Å². The third-order valence-electron chi connectivity index (χ3n) is 1.61. The molecule has 1 aromatic rings. The predicted molar refractivity (Wildman–Crippen MR) is 39.3 cm³/mol. The molecule has 0 saturated heterocycles. The second-order valence-corrected chi connectivity index (χ2v) is 2.36. The Morgan fingerprint density at radius 1 is 1.67 bits per heavy atom. The Hall–Kier alpha value is -1.01. The van der Waals surface area contributed by atoms with Crippen LogP contribution in [0.25, 0.3) is 0 Å². The summed E-state index contributed by atoms with van der Waals surface area (Å²) in [5, 5.41) is 3.76. The van der Waals surface area contributed by atoms with Crippen LogP contribution in [-0.2, 0) is 7.05 Å². The Labute approximate surface area is 68.3 Å². The fourth-order valence-corrected chi connectivity index (χ4v) is 0.976. The Morgan fingerprint density at radius 2 is 2.33 bits per heavy atom. The molecule has 0 bridgehead atoms. The summed E-state index contributed by atoms with van der Waals surface area (Å²) in [6.07, 6.45) is -1.09. The first-order valence-electron chi connectivity index (χ1n) is 3.39. The number of nitrogens with two attached hydrogens (primary N) is 1. The minimum Gasteiger partial charge on any atom is -0.271 e. The maximum atomic E-state index is 12.3. The van der Waals surface area contributed by atoms with E-state index in [0.29, 0.717) is 5.69 Å². The van der Waals surface area contributed by atoms with Gasteiger partial charge in [0.15, 0.2) is 0 Å². The van der Waals surface area contributed by atoms with Gasteiger partial charge in [-0.3, -0.25) is 10.5 Å². The molecule has 0 amide bonds. The van der Waals surface area contributed by atoms with E-state index in [1.165, 1.54) is 16.9 Å². The summed E-state index contributed by atoms with van der Waals surface area (Å²) < 4.78 is 25.9. The number of nitrogens with zero attached hydrogens (tertiary/aromatic N) is 2. The molecule has 1 heterocycles. The average molecular weight is 176 g/mol. The second-order valence-electron chi connectivity index (χ2n) is 2.36. The van der Waals surface area contributed by atoms with Gasteiger partial charge in [-0.1, -0.05) is 0 Å². The standard InChI is InChI=1S/C6H10F2N4/c1-12-4(2-3-10-12)5(11-9)6(7)8/h2-3,5-6,11H,9H2,1H3. The number of alkyl halides is 2. The fourth-order valence-electron chi connectivity index (χ4n) is 0.976. The van der Waals surface area contributed by atoms with Gasteiger partial charge in [-0.15, -0.1) is 0 Å². The van der Waals surface area contributed by atoms with Crippen LogP contribution < -0.4 is 11.3 Å². The van der Waals surface area contributed by atoms with Crippen LogP contribution in [0, 0.1) is 0 Å². The molecular formula is C6H10F2N4. The van der Waals surface area contributed by atoms with Crippen LogP contribution in [0.3, 0.4) is 0 Å². The molecule has 0 aliphatic heterocycles. The zero-order valence-electron chi connectivity index (χ0n) is 6.54. The smallest absolute Gasteiger partial charge is 0.260 e. The van der Waals surface area contributed by atoms with Crippen molar-refractivity contribution in [2.75, 3.05) is 0 Å². The zero-order valence-corrected chi connectivity index (χ0v) is 6.54. The summed E-state index contributed by atoms with van der Waals surface area (Å²) in [5.74, 6) is 4.96. The molecule has 1 aromatic heterocycles. The minimum atomic E-state index is -2.54. The highest BCUT2D eigenvalue weighted by molar-refractivity contribution is 5.06. The average Bonchev–Trinajstić information content (AvgIpc) is 2.38. The monoisotopic (exact) mass is 176 g/mol. The van der Waals surface area contributed by atoms with Gasteiger partial charge in [0.25, 0.3) is 6.43 Å². The molecule has 1 atom stereocenters. The van der Waals surface area contributed by atoms with Crippen molar-refractivity contribution in [3.8, 4) is 0 Å². The maximum absolute atomic E-state index is 12.3. The molecule has 1 rings (SSSR count). The molecular weight excluding hydrogens is 166 g/mol. The molecule has 12 heavy (non-hydrogen) atoms. The van der Waals surface area contributed by atoms with Crippen molar-refractivity contribution in [1.29, 1.82) is 0 Å². The quantitative estimate of drug-likeness (QED) is 0.510. The van der Waals surface area contributed by atoms with Crippen LogP contribution in [0.1, 0.15) is 11.7 Å². The Balaban J connectivity index is 2.87. The molecule has 0 aromatic carbocycles. The zero-order chi connectivity index (χ0) is 9.14. The predicted octanol–water partition coefficient (Wildman–Crippen LogP) is 0.190. The first-order chi connectivity index (χ1) is 5.66. The van der Waals surface area contributed by atoms with Crippen LogP contribution in [-0.4, -0.2) is 16.2 Å². The number of aromatic nitrogens is 2. The van der Waals surface area contributed by atoms with Crippen molar-refractivity contribution >= 4 is 0 Å². The van der Waals surface area contributed by atoms with Gasteiger partial charge in [0.2, 0.25) is 0 Å². The van der Waals surface area contributed by atoms with E-state index >= 15 is 0 Å². The van der Waals surface area contributed by atoms with Crippen LogP contribution in [0.4, 0.5) is 8.78 Å². The molecule has 68 valence electrons. The summed E-state index contributed by atoms with van der Waals surface area (Å²) in [4.78, 5) is 0. The van der Waals surface area contributed by atoms with Crippen molar-refractivity contribution in [2.24, 2.45) is 12.9 Å². The number of halogens is 2. The first-order valence-corrected chi connectivity index (χ1v) is 3.39. The topological polar surface area (TPSA) is 55.9 Å². The van der Waals surface area contributed by atoms with Crippen molar-refractivity contribution in [2.45, 2.75) is 12.5 Å². The van der Waals surface area contributed by atoms with E-state index in [9.17, 15) is 8.78 Å². The third-order valence-corrected chi connectivity index (χ3v) is 1.61. The number of rotatable bonds is 3. The van der Waals surface area contributed by atoms with Crippen molar-refractivity contribution in [3.63, 3.8) is 0 Å². The van der Waals surface area contributed by atoms with Gasteiger partial charge in [0, 0.05) is 13.2 Å². The molecule has 0 aliphatic carbocycles. The molecule has 0 radical (unpaired) electrons. The van der Waals surface area contributed by atoms with Crippen molar-refractivity contribution in [3.05, 3.63) is 18.0 Å². The summed E-state index contributed by atoms with van der Waals surface area (Å²) in [7, 11) is 1.59. The van der Waals surface area contributed by atoms with E-state index < -0.39 is 12.5 Å². The van der Waals surface area contributed by atoms with E-state index in [-0.39, 0.29) is 0 Å². The van der Waals surface area contributed by atoms with Gasteiger partial charge in [-0.05, 0) is 6.07 Å². The highest BCUT2D eigenvalue weighted by atomic mass is 19.3. The molecule has 4 nitrogen and oxygen atoms in total. The van der Waals surface area contributed by atoms with Gasteiger partial charge >= 0.3 is 0 Å². The summed E-state index contributed by atoms with van der Waals surface area (Å²) >= 11 is 0. The Kier molecular flexibility index (Phi) is 2.72. The SMILES string of the molecule is Cn1nccc1C(NN)C(F)F. The number of aryl methyl sites for hydroxylation is 1. The molecule has 0 spiro atoms. The second kappa shape index (κ2) is 3.59. The number of hydrogen-bond acceptors (Lipinski definition) is 3.